The van der Waals surface area contributed by atoms with Crippen LogP contribution < -0.4 is 11.2 Å². The zero-order chi connectivity index (χ0) is 11.9. The van der Waals surface area contributed by atoms with Crippen LogP contribution in [-0.2, 0) is 0 Å². The Balaban J connectivity index is 2.95. The number of nitrogens with two attached hydrogens (primary N) is 1. The van der Waals surface area contributed by atoms with E-state index in [0.29, 0.717) is 6.07 Å². The van der Waals surface area contributed by atoms with Crippen LogP contribution >= 0.6 is 0 Å². The second-order valence-electron chi connectivity index (χ2n) is 3.21. The van der Waals surface area contributed by atoms with Crippen molar-refractivity contribution >= 4 is 16.8 Å². The van der Waals surface area contributed by atoms with Gasteiger partial charge in [-0.3, -0.25) is 9.59 Å². The fraction of sp³-hybridized carbons (Fsp3) is 0. The first-order valence-corrected chi connectivity index (χ1v) is 4.31. The van der Waals surface area contributed by atoms with Gasteiger partial charge in [0.15, 0.2) is 0 Å². The number of hydrogen-bond donors (Lipinski definition) is 2. The Morgan fingerprint density at radius 2 is 2.00 bits per heavy atom. The Bertz CT molecular complexity index is 649. The average molecular weight is 224 g/mol. The molecule has 0 spiro atoms. The molecule has 1 amide bonds. The molecule has 1 aromatic carbocycles. The maximum absolute atomic E-state index is 13.2. The van der Waals surface area contributed by atoms with Gasteiger partial charge in [0.05, 0.1) is 10.9 Å². The lowest BCUT2D eigenvalue weighted by Crippen LogP contribution is -2.22. The van der Waals surface area contributed by atoms with Crippen LogP contribution in [0, 0.1) is 11.6 Å². The summed E-state index contributed by atoms with van der Waals surface area (Å²) in [7, 11) is 0. The second-order valence-corrected chi connectivity index (χ2v) is 3.21. The van der Waals surface area contributed by atoms with Crippen LogP contribution in [0.25, 0.3) is 10.9 Å². The summed E-state index contributed by atoms with van der Waals surface area (Å²) in [5.41, 5.74) is 3.65. The molecule has 0 unspecified atom stereocenters. The predicted molar refractivity (Wildman–Crippen MR) is 53.0 cm³/mol. The van der Waals surface area contributed by atoms with Crippen molar-refractivity contribution in [2.75, 3.05) is 0 Å². The normalized spacial score (nSPS) is 10.6. The number of nitrogens with one attached hydrogen (secondary N) is 1. The molecule has 0 aliphatic carbocycles. The van der Waals surface area contributed by atoms with Crippen molar-refractivity contribution in [2.24, 2.45) is 5.73 Å². The van der Waals surface area contributed by atoms with Gasteiger partial charge in [0, 0.05) is 12.3 Å². The van der Waals surface area contributed by atoms with E-state index in [1.165, 1.54) is 0 Å². The molecular formula is C10H6F2N2O2. The van der Waals surface area contributed by atoms with E-state index >= 15 is 0 Å². The van der Waals surface area contributed by atoms with Crippen molar-refractivity contribution in [3.63, 3.8) is 0 Å². The Kier molecular flexibility index (Phi) is 2.19. The summed E-state index contributed by atoms with van der Waals surface area (Å²) in [5, 5.41) is -0.242. The molecule has 4 nitrogen and oxygen atoms in total. The van der Waals surface area contributed by atoms with Gasteiger partial charge in [0.1, 0.15) is 17.2 Å². The number of halogens is 2. The zero-order valence-electron chi connectivity index (χ0n) is 7.88. The number of aromatic amines is 1. The first kappa shape index (κ1) is 10.3. The summed E-state index contributed by atoms with van der Waals surface area (Å²) in [4.78, 5) is 24.9. The summed E-state index contributed by atoms with van der Waals surface area (Å²) in [5.74, 6) is -2.74. The number of benzene rings is 1. The highest BCUT2D eigenvalue weighted by Gasteiger charge is 2.13. The highest BCUT2D eigenvalue weighted by molar-refractivity contribution is 5.96. The highest BCUT2D eigenvalue weighted by Crippen LogP contribution is 2.14. The minimum atomic E-state index is -0.951. The SMILES string of the molecule is NC(=O)c1c[nH]c2c(F)cc(F)cc2c1=O. The Morgan fingerprint density at radius 1 is 1.31 bits per heavy atom. The van der Waals surface area contributed by atoms with Crippen LogP contribution in [0.2, 0.25) is 0 Å². The first-order valence-electron chi connectivity index (χ1n) is 4.31. The van der Waals surface area contributed by atoms with Gasteiger partial charge in [-0.2, -0.15) is 0 Å². The van der Waals surface area contributed by atoms with Gasteiger partial charge in [-0.1, -0.05) is 0 Å². The van der Waals surface area contributed by atoms with Gasteiger partial charge in [-0.15, -0.1) is 0 Å². The Morgan fingerprint density at radius 3 is 2.62 bits per heavy atom. The quantitative estimate of drug-likeness (QED) is 0.755. The minimum Gasteiger partial charge on any atom is -0.365 e. The van der Waals surface area contributed by atoms with Gasteiger partial charge >= 0.3 is 0 Å². The lowest BCUT2D eigenvalue weighted by molar-refractivity contribution is 0.0999. The van der Waals surface area contributed by atoms with Gasteiger partial charge in [0.2, 0.25) is 5.43 Å². The molecule has 1 aromatic heterocycles. The first-order chi connectivity index (χ1) is 7.50. The van der Waals surface area contributed by atoms with Crippen molar-refractivity contribution in [1.82, 2.24) is 4.98 Å². The van der Waals surface area contributed by atoms with E-state index in [2.05, 4.69) is 4.98 Å². The Hall–Kier alpha value is -2.24. The number of amides is 1. The second kappa shape index (κ2) is 3.41. The number of carbonyl (C=O) groups excluding carboxylic acids is 1. The molecule has 0 aliphatic rings. The smallest absolute Gasteiger partial charge is 0.254 e. The summed E-state index contributed by atoms with van der Waals surface area (Å²) >= 11 is 0. The van der Waals surface area contributed by atoms with E-state index in [1.807, 2.05) is 0 Å². The average Bonchev–Trinajstić information content (AvgIpc) is 2.19. The molecule has 3 N–H and O–H groups in total. The lowest BCUT2D eigenvalue weighted by atomic mass is 10.1. The van der Waals surface area contributed by atoms with Crippen LogP contribution in [0.15, 0.2) is 23.1 Å². The van der Waals surface area contributed by atoms with E-state index < -0.39 is 23.0 Å². The summed E-state index contributed by atoms with van der Waals surface area (Å²) in [6.07, 6.45) is 1.01. The zero-order valence-corrected chi connectivity index (χ0v) is 7.88. The van der Waals surface area contributed by atoms with Crippen LogP contribution in [0.1, 0.15) is 10.4 Å². The van der Waals surface area contributed by atoms with Gasteiger partial charge in [-0.05, 0) is 6.07 Å². The summed E-state index contributed by atoms with van der Waals surface area (Å²) < 4.78 is 26.1. The number of carbonyl (C=O) groups is 1. The molecule has 0 atom stereocenters. The van der Waals surface area contributed by atoms with Crippen molar-refractivity contribution in [1.29, 1.82) is 0 Å². The van der Waals surface area contributed by atoms with Crippen molar-refractivity contribution in [3.05, 3.63) is 45.8 Å². The number of H-pyrrole nitrogens is 1. The maximum Gasteiger partial charge on any atom is 0.254 e. The summed E-state index contributed by atoms with van der Waals surface area (Å²) in [6, 6.07) is 1.49. The number of fused-ring (bicyclic) bond motifs is 1. The standard InChI is InChI=1S/C10H6F2N2O2/c11-4-1-5-8(7(12)2-4)14-3-6(9(5)15)10(13)16/h1-3H,(H2,13,16)(H,14,15). The van der Waals surface area contributed by atoms with E-state index in [9.17, 15) is 18.4 Å². The number of hydrogen-bond acceptors (Lipinski definition) is 2. The molecule has 16 heavy (non-hydrogen) atoms. The van der Waals surface area contributed by atoms with E-state index in [1.54, 1.807) is 0 Å². The molecule has 0 aliphatic heterocycles. The molecule has 82 valence electrons. The van der Waals surface area contributed by atoms with Gasteiger partial charge in [0.25, 0.3) is 5.91 Å². The molecular weight excluding hydrogens is 218 g/mol. The van der Waals surface area contributed by atoms with E-state index in [4.69, 9.17) is 5.73 Å². The van der Waals surface area contributed by atoms with Crippen LogP contribution in [-0.4, -0.2) is 10.9 Å². The number of pyridine rings is 1. The number of aromatic nitrogens is 1. The monoisotopic (exact) mass is 224 g/mol. The molecule has 2 rings (SSSR count). The minimum absolute atomic E-state index is 0.156. The third kappa shape index (κ3) is 1.44. The summed E-state index contributed by atoms with van der Waals surface area (Å²) in [6.45, 7) is 0. The largest absolute Gasteiger partial charge is 0.365 e. The van der Waals surface area contributed by atoms with Crippen molar-refractivity contribution in [3.8, 4) is 0 Å². The third-order valence-electron chi connectivity index (χ3n) is 2.17. The molecule has 0 fully saturated rings. The molecule has 0 saturated heterocycles. The lowest BCUT2D eigenvalue weighted by Gasteiger charge is -2.01. The number of primary amides is 1. The molecule has 0 bridgehead atoms. The van der Waals surface area contributed by atoms with Crippen LogP contribution in [0.3, 0.4) is 0 Å². The van der Waals surface area contributed by atoms with E-state index in [-0.39, 0.29) is 16.5 Å². The molecule has 0 saturated carbocycles. The highest BCUT2D eigenvalue weighted by atomic mass is 19.1. The topological polar surface area (TPSA) is 76.0 Å². The molecule has 6 heteroatoms. The third-order valence-corrected chi connectivity index (χ3v) is 2.17. The fourth-order valence-corrected chi connectivity index (χ4v) is 1.44. The molecule has 2 aromatic rings. The predicted octanol–water partition coefficient (Wildman–Crippen LogP) is 0.905. The van der Waals surface area contributed by atoms with Crippen LogP contribution in [0.5, 0.6) is 0 Å². The van der Waals surface area contributed by atoms with E-state index in [0.717, 1.165) is 12.3 Å². The van der Waals surface area contributed by atoms with Gasteiger partial charge < -0.3 is 10.7 Å². The molecule has 0 radical (unpaired) electrons. The number of rotatable bonds is 1. The maximum atomic E-state index is 13.2. The van der Waals surface area contributed by atoms with Crippen LogP contribution in [0.4, 0.5) is 8.78 Å². The van der Waals surface area contributed by atoms with Crippen molar-refractivity contribution < 1.29 is 13.6 Å². The molecule has 1 heterocycles. The fourth-order valence-electron chi connectivity index (χ4n) is 1.44. The van der Waals surface area contributed by atoms with Gasteiger partial charge in [-0.25, -0.2) is 8.78 Å². The van der Waals surface area contributed by atoms with Crippen molar-refractivity contribution in [2.45, 2.75) is 0 Å². The Labute approximate surface area is 87.7 Å².